The van der Waals surface area contributed by atoms with E-state index in [1.54, 1.807) is 6.20 Å². The average molecular weight is 482 g/mol. The van der Waals surface area contributed by atoms with E-state index in [2.05, 4.69) is 21.4 Å². The number of rotatable bonds is 6. The largest absolute Gasteiger partial charge is 0.477 e. The third kappa shape index (κ3) is 5.23. The molecule has 3 heterocycles. The SMILES string of the molecule is CCOc1ncccc1-c1ccc(C2CCN(c3ccc(C(F)(F)F)cc3C#N)CC2NC)cn1. The van der Waals surface area contributed by atoms with Gasteiger partial charge < -0.3 is 15.0 Å². The fourth-order valence-electron chi connectivity index (χ4n) is 4.56. The lowest BCUT2D eigenvalue weighted by molar-refractivity contribution is -0.137. The summed E-state index contributed by atoms with van der Waals surface area (Å²) in [7, 11) is 1.87. The Hall–Kier alpha value is -3.64. The molecule has 0 saturated carbocycles. The van der Waals surface area contributed by atoms with Crippen molar-refractivity contribution in [1.29, 1.82) is 5.26 Å². The lowest BCUT2D eigenvalue weighted by atomic mass is 9.85. The van der Waals surface area contributed by atoms with Crippen molar-refractivity contribution in [3.63, 3.8) is 0 Å². The van der Waals surface area contributed by atoms with Crippen molar-refractivity contribution in [1.82, 2.24) is 15.3 Å². The fraction of sp³-hybridized carbons (Fsp3) is 0.346. The molecule has 2 unspecified atom stereocenters. The van der Waals surface area contributed by atoms with E-state index in [1.807, 2.05) is 49.3 Å². The van der Waals surface area contributed by atoms with Crippen LogP contribution in [0.1, 0.15) is 36.0 Å². The van der Waals surface area contributed by atoms with Crippen LogP contribution < -0.4 is 15.0 Å². The molecule has 1 aliphatic heterocycles. The fourth-order valence-corrected chi connectivity index (χ4v) is 4.56. The van der Waals surface area contributed by atoms with E-state index < -0.39 is 11.7 Å². The number of likely N-dealkylation sites (N-methyl/N-ethyl adjacent to an activating group) is 1. The first-order valence-electron chi connectivity index (χ1n) is 11.4. The van der Waals surface area contributed by atoms with Crippen molar-refractivity contribution in [3.05, 3.63) is 71.5 Å². The second kappa shape index (κ2) is 10.3. The second-order valence-electron chi connectivity index (χ2n) is 8.34. The maximum atomic E-state index is 13.1. The van der Waals surface area contributed by atoms with Crippen molar-refractivity contribution in [2.24, 2.45) is 0 Å². The molecule has 0 radical (unpaired) electrons. The molecular formula is C26H26F3N5O. The van der Waals surface area contributed by atoms with Crippen molar-refractivity contribution in [3.8, 4) is 23.2 Å². The normalized spacial score (nSPS) is 18.2. The Balaban J connectivity index is 1.53. The second-order valence-corrected chi connectivity index (χ2v) is 8.34. The highest BCUT2D eigenvalue weighted by molar-refractivity contribution is 5.65. The molecule has 1 aromatic carbocycles. The Morgan fingerprint density at radius 1 is 1.20 bits per heavy atom. The molecule has 4 rings (SSSR count). The smallest absolute Gasteiger partial charge is 0.416 e. The lowest BCUT2D eigenvalue weighted by Gasteiger charge is -2.40. The summed E-state index contributed by atoms with van der Waals surface area (Å²) in [5, 5.41) is 12.8. The standard InChI is InChI=1S/C26H26F3N5O/c1-3-35-25-21(5-4-11-32-25)22-8-6-17(15-33-22)20-10-12-34(16-23(20)31-2)24-9-7-19(26(27,28)29)13-18(24)14-30/h4-9,11,13,15,20,23,31H,3,10,12,16H2,1-2H3. The number of benzene rings is 1. The molecule has 1 aliphatic rings. The first-order valence-corrected chi connectivity index (χ1v) is 11.4. The van der Waals surface area contributed by atoms with Crippen LogP contribution in [0, 0.1) is 11.3 Å². The van der Waals surface area contributed by atoms with Gasteiger partial charge in [-0.1, -0.05) is 6.07 Å². The molecule has 2 atom stereocenters. The minimum atomic E-state index is -4.48. The maximum Gasteiger partial charge on any atom is 0.416 e. The summed E-state index contributed by atoms with van der Waals surface area (Å²) in [5.74, 6) is 0.708. The van der Waals surface area contributed by atoms with Gasteiger partial charge in [-0.05, 0) is 62.4 Å². The third-order valence-electron chi connectivity index (χ3n) is 6.31. The molecule has 1 N–H and O–H groups in total. The Kier molecular flexibility index (Phi) is 7.22. The Bertz CT molecular complexity index is 1210. The zero-order valence-corrected chi connectivity index (χ0v) is 19.5. The van der Waals surface area contributed by atoms with Crippen LogP contribution in [0.25, 0.3) is 11.3 Å². The quantitative estimate of drug-likeness (QED) is 0.533. The van der Waals surface area contributed by atoms with Crippen LogP contribution in [0.3, 0.4) is 0 Å². The van der Waals surface area contributed by atoms with Gasteiger partial charge in [0.25, 0.3) is 0 Å². The molecular weight excluding hydrogens is 455 g/mol. The molecule has 0 amide bonds. The highest BCUT2D eigenvalue weighted by Gasteiger charge is 2.34. The van der Waals surface area contributed by atoms with Crippen LogP contribution in [-0.2, 0) is 6.18 Å². The zero-order valence-electron chi connectivity index (χ0n) is 19.5. The zero-order chi connectivity index (χ0) is 25.0. The van der Waals surface area contributed by atoms with Crippen molar-refractivity contribution >= 4 is 5.69 Å². The molecule has 1 saturated heterocycles. The van der Waals surface area contributed by atoms with E-state index in [1.165, 1.54) is 6.07 Å². The summed E-state index contributed by atoms with van der Waals surface area (Å²) >= 11 is 0. The average Bonchev–Trinajstić information content (AvgIpc) is 2.88. The number of pyridine rings is 2. The van der Waals surface area contributed by atoms with Gasteiger partial charge in [0.15, 0.2) is 0 Å². The van der Waals surface area contributed by atoms with Gasteiger partial charge in [0.05, 0.1) is 34.7 Å². The number of nitrogens with zero attached hydrogens (tertiary/aromatic N) is 4. The number of halogens is 3. The van der Waals surface area contributed by atoms with Gasteiger partial charge in [-0.3, -0.25) is 4.98 Å². The molecule has 9 heteroatoms. The Morgan fingerprint density at radius 3 is 2.69 bits per heavy atom. The van der Waals surface area contributed by atoms with E-state index in [4.69, 9.17) is 4.74 Å². The van der Waals surface area contributed by atoms with Crippen LogP contribution in [0.4, 0.5) is 18.9 Å². The van der Waals surface area contributed by atoms with Crippen LogP contribution in [0.5, 0.6) is 5.88 Å². The predicted octanol–water partition coefficient (Wildman–Crippen LogP) is 5.01. The molecule has 35 heavy (non-hydrogen) atoms. The van der Waals surface area contributed by atoms with E-state index in [-0.39, 0.29) is 17.5 Å². The van der Waals surface area contributed by atoms with Crippen LogP contribution in [-0.4, -0.2) is 42.8 Å². The highest BCUT2D eigenvalue weighted by Crippen LogP contribution is 2.36. The van der Waals surface area contributed by atoms with Crippen LogP contribution in [0.2, 0.25) is 0 Å². The summed E-state index contributed by atoms with van der Waals surface area (Å²) in [6.45, 7) is 3.59. The first-order chi connectivity index (χ1) is 16.9. The van der Waals surface area contributed by atoms with Crippen molar-refractivity contribution in [2.45, 2.75) is 31.5 Å². The van der Waals surface area contributed by atoms with Gasteiger partial charge in [0, 0.05) is 37.4 Å². The van der Waals surface area contributed by atoms with Gasteiger partial charge in [-0.2, -0.15) is 18.4 Å². The molecule has 6 nitrogen and oxygen atoms in total. The Labute approximate surface area is 202 Å². The molecule has 0 spiro atoms. The third-order valence-corrected chi connectivity index (χ3v) is 6.31. The van der Waals surface area contributed by atoms with Gasteiger partial charge in [-0.25, -0.2) is 4.98 Å². The maximum absolute atomic E-state index is 13.1. The first kappa shape index (κ1) is 24.5. The number of piperidine rings is 1. The van der Waals surface area contributed by atoms with E-state index in [0.29, 0.717) is 31.3 Å². The van der Waals surface area contributed by atoms with Crippen LogP contribution >= 0.6 is 0 Å². The van der Waals surface area contributed by atoms with Gasteiger partial charge >= 0.3 is 6.18 Å². The highest BCUT2D eigenvalue weighted by atomic mass is 19.4. The summed E-state index contributed by atoms with van der Waals surface area (Å²) in [4.78, 5) is 10.9. The summed E-state index contributed by atoms with van der Waals surface area (Å²) in [5.41, 5.74) is 2.40. The number of hydrogen-bond acceptors (Lipinski definition) is 6. The Morgan fingerprint density at radius 2 is 2.03 bits per heavy atom. The number of nitriles is 1. The number of aromatic nitrogens is 2. The molecule has 1 fully saturated rings. The predicted molar refractivity (Wildman–Crippen MR) is 127 cm³/mol. The van der Waals surface area contributed by atoms with Gasteiger partial charge in [-0.15, -0.1) is 0 Å². The number of ether oxygens (including phenoxy) is 1. The number of anilines is 1. The van der Waals surface area contributed by atoms with E-state index in [9.17, 15) is 18.4 Å². The minimum Gasteiger partial charge on any atom is -0.477 e. The molecule has 2 aromatic heterocycles. The van der Waals surface area contributed by atoms with Gasteiger partial charge in [0.2, 0.25) is 5.88 Å². The summed E-state index contributed by atoms with van der Waals surface area (Å²) in [6, 6.07) is 13.1. The van der Waals surface area contributed by atoms with Crippen molar-refractivity contribution in [2.75, 3.05) is 31.6 Å². The molecule has 182 valence electrons. The number of nitrogens with one attached hydrogen (secondary N) is 1. The lowest BCUT2D eigenvalue weighted by Crippen LogP contribution is -2.49. The van der Waals surface area contributed by atoms with E-state index in [0.717, 1.165) is 35.4 Å². The van der Waals surface area contributed by atoms with E-state index >= 15 is 0 Å². The molecule has 0 aliphatic carbocycles. The van der Waals surface area contributed by atoms with Crippen molar-refractivity contribution < 1.29 is 17.9 Å². The number of hydrogen-bond donors (Lipinski definition) is 1. The molecule has 3 aromatic rings. The summed E-state index contributed by atoms with van der Waals surface area (Å²) < 4.78 is 44.9. The topological polar surface area (TPSA) is 74.1 Å². The van der Waals surface area contributed by atoms with Gasteiger partial charge in [0.1, 0.15) is 6.07 Å². The monoisotopic (exact) mass is 481 g/mol. The molecule has 0 bridgehead atoms. The van der Waals surface area contributed by atoms with Crippen LogP contribution in [0.15, 0.2) is 54.9 Å². The minimum absolute atomic E-state index is 0.0284. The number of alkyl halides is 3. The summed E-state index contributed by atoms with van der Waals surface area (Å²) in [6.07, 6.45) is -0.178.